The molecule has 6 rings (SSSR count). The maximum absolute atomic E-state index is 12.9. The Morgan fingerprint density at radius 2 is 1.58 bits per heavy atom. The van der Waals surface area contributed by atoms with Crippen molar-refractivity contribution in [1.29, 1.82) is 0 Å². The summed E-state index contributed by atoms with van der Waals surface area (Å²) in [5.74, 6) is 1.86. The van der Waals surface area contributed by atoms with E-state index in [9.17, 15) is 9.90 Å². The number of rotatable bonds is 9. The molecule has 2 aliphatic rings. The van der Waals surface area contributed by atoms with Gasteiger partial charge in [-0.05, 0) is 53.2 Å². The minimum Gasteiger partial charge on any atom is -0.497 e. The van der Waals surface area contributed by atoms with Crippen LogP contribution in [0.1, 0.15) is 34.9 Å². The van der Waals surface area contributed by atoms with E-state index in [0.29, 0.717) is 29.0 Å². The first-order chi connectivity index (χ1) is 20.9. The molecule has 0 aliphatic carbocycles. The predicted octanol–water partition coefficient (Wildman–Crippen LogP) is 3.72. The molecule has 3 N–H and O–H groups in total. The maximum atomic E-state index is 12.9. The molecule has 0 spiro atoms. The Morgan fingerprint density at radius 1 is 0.977 bits per heavy atom. The number of hydrogen-bond donors (Lipinski definition) is 3. The van der Waals surface area contributed by atoms with Crippen molar-refractivity contribution in [1.82, 2.24) is 14.9 Å². The van der Waals surface area contributed by atoms with Gasteiger partial charge in [-0.15, -0.1) is 0 Å². The van der Waals surface area contributed by atoms with Gasteiger partial charge < -0.3 is 34.7 Å². The van der Waals surface area contributed by atoms with Crippen LogP contribution in [0.3, 0.4) is 0 Å². The molecule has 43 heavy (non-hydrogen) atoms. The first-order valence-electron chi connectivity index (χ1n) is 13.9. The van der Waals surface area contributed by atoms with Gasteiger partial charge in [-0.3, -0.25) is 4.57 Å². The van der Waals surface area contributed by atoms with Crippen LogP contribution in [0.5, 0.6) is 11.5 Å². The zero-order valence-corrected chi connectivity index (χ0v) is 24.5. The Bertz CT molecular complexity index is 1600. The van der Waals surface area contributed by atoms with Crippen molar-refractivity contribution in [3.8, 4) is 11.5 Å². The van der Waals surface area contributed by atoms with Crippen molar-refractivity contribution in [2.24, 2.45) is 0 Å². The topological polar surface area (TPSA) is 116 Å². The Kier molecular flexibility index (Phi) is 8.13. The van der Waals surface area contributed by atoms with E-state index in [0.717, 1.165) is 22.3 Å². The molecular formula is C32H32N4O6S. The summed E-state index contributed by atoms with van der Waals surface area (Å²) in [4.78, 5) is 17.1. The molecule has 2 aliphatic heterocycles. The summed E-state index contributed by atoms with van der Waals surface area (Å²) in [5.41, 5.74) is 1.82. The van der Waals surface area contributed by atoms with Crippen LogP contribution >= 0.6 is 12.2 Å². The molecule has 222 valence electrons. The van der Waals surface area contributed by atoms with Crippen LogP contribution in [0.15, 0.2) is 89.9 Å². The molecule has 0 saturated carbocycles. The number of benzene rings is 3. The predicted molar refractivity (Wildman–Crippen MR) is 164 cm³/mol. The van der Waals surface area contributed by atoms with E-state index in [4.69, 9.17) is 31.2 Å². The number of thiocarbonyl (C=S) groups is 1. The minimum atomic E-state index is -1.07. The third kappa shape index (κ3) is 5.59. The Morgan fingerprint density at radius 3 is 2.19 bits per heavy atom. The first kappa shape index (κ1) is 28.8. The van der Waals surface area contributed by atoms with Gasteiger partial charge in [0.2, 0.25) is 0 Å². The lowest BCUT2D eigenvalue weighted by atomic mass is 9.80. The van der Waals surface area contributed by atoms with Crippen LogP contribution in [0.2, 0.25) is 0 Å². The SMILES string of the molecule is COc1ccc(C(OC[C@H]2O[C@@H](n3cc4c(nc3=O)NC(=S)NC4)C[C@@H]2O)(c2ccccc2)c2ccc(OC)cc2)cc1. The lowest BCUT2D eigenvalue weighted by Gasteiger charge is -2.37. The highest BCUT2D eigenvalue weighted by Crippen LogP contribution is 2.42. The number of aliphatic hydroxyl groups excluding tert-OH is 1. The van der Waals surface area contributed by atoms with E-state index >= 15 is 0 Å². The summed E-state index contributed by atoms with van der Waals surface area (Å²) in [7, 11) is 3.25. The van der Waals surface area contributed by atoms with E-state index in [-0.39, 0.29) is 13.0 Å². The summed E-state index contributed by atoms with van der Waals surface area (Å²) < 4.78 is 25.4. The molecule has 1 fully saturated rings. The van der Waals surface area contributed by atoms with Crippen LogP contribution in [0.4, 0.5) is 5.82 Å². The number of ether oxygens (including phenoxy) is 4. The molecule has 10 nitrogen and oxygen atoms in total. The minimum absolute atomic E-state index is 0.0368. The normalized spacial score (nSPS) is 19.7. The van der Waals surface area contributed by atoms with E-state index in [1.807, 2.05) is 78.9 Å². The second kappa shape index (κ2) is 12.1. The van der Waals surface area contributed by atoms with E-state index in [1.54, 1.807) is 20.4 Å². The number of nitrogens with zero attached hydrogens (tertiary/aromatic N) is 2. The van der Waals surface area contributed by atoms with Gasteiger partial charge >= 0.3 is 5.69 Å². The van der Waals surface area contributed by atoms with Gasteiger partial charge in [0.25, 0.3) is 0 Å². The highest BCUT2D eigenvalue weighted by Gasteiger charge is 2.42. The second-order valence-electron chi connectivity index (χ2n) is 10.4. The number of methoxy groups -OCH3 is 2. The fourth-order valence-corrected chi connectivity index (χ4v) is 5.77. The lowest BCUT2D eigenvalue weighted by molar-refractivity contribution is -0.0944. The first-order valence-corrected chi connectivity index (χ1v) is 14.3. The molecule has 0 amide bonds. The Labute approximate surface area is 254 Å². The maximum Gasteiger partial charge on any atom is 0.351 e. The standard InChI is InChI=1S/C32H32N4O6S/c1-39-24-12-8-22(9-13-24)32(21-6-4-3-5-7-21,23-10-14-25(40-2)15-11-23)41-19-27-26(37)16-28(42-27)36-18-20-17-33-30(43)34-29(20)35-31(36)38/h3-15,18,26-28,37H,16-17,19H2,1-2H3,(H2,33,34,35,38,43)/t26-,27+,28+/m0/s1. The fraction of sp³-hybridized carbons (Fsp3) is 0.281. The molecule has 3 heterocycles. The zero-order chi connectivity index (χ0) is 30.0. The summed E-state index contributed by atoms with van der Waals surface area (Å²) in [6.45, 7) is 0.467. The summed E-state index contributed by atoms with van der Waals surface area (Å²) in [6.07, 6.45) is -0.406. The van der Waals surface area contributed by atoms with Crippen molar-refractivity contribution >= 4 is 23.1 Å². The number of aromatic nitrogens is 2. The molecular weight excluding hydrogens is 568 g/mol. The number of anilines is 1. The Hall–Kier alpha value is -4.29. The zero-order valence-electron chi connectivity index (χ0n) is 23.7. The van der Waals surface area contributed by atoms with Crippen molar-refractivity contribution in [2.75, 3.05) is 26.1 Å². The number of aliphatic hydroxyl groups is 1. The number of fused-ring (bicyclic) bond motifs is 1. The third-order valence-electron chi connectivity index (χ3n) is 7.85. The van der Waals surface area contributed by atoms with E-state index < -0.39 is 29.7 Å². The van der Waals surface area contributed by atoms with Crippen LogP contribution in [-0.2, 0) is 21.6 Å². The molecule has 0 radical (unpaired) electrons. The summed E-state index contributed by atoms with van der Waals surface area (Å²) in [6, 6.07) is 25.3. The van der Waals surface area contributed by atoms with Crippen LogP contribution in [0, 0.1) is 0 Å². The lowest BCUT2D eigenvalue weighted by Crippen LogP contribution is -2.38. The molecule has 0 bridgehead atoms. The van der Waals surface area contributed by atoms with Crippen LogP contribution in [-0.4, -0.2) is 52.8 Å². The Balaban J connectivity index is 1.34. The highest BCUT2D eigenvalue weighted by atomic mass is 32.1. The molecule has 1 aromatic heterocycles. The van der Waals surface area contributed by atoms with Crippen molar-refractivity contribution in [2.45, 2.75) is 37.0 Å². The number of hydrogen-bond acceptors (Lipinski definition) is 8. The van der Waals surface area contributed by atoms with Crippen molar-refractivity contribution in [3.05, 3.63) is 118 Å². The largest absolute Gasteiger partial charge is 0.497 e. The monoisotopic (exact) mass is 600 g/mol. The van der Waals surface area contributed by atoms with Crippen molar-refractivity contribution in [3.63, 3.8) is 0 Å². The molecule has 3 atom stereocenters. The summed E-state index contributed by atoms with van der Waals surface area (Å²) in [5, 5.41) is 17.5. The fourth-order valence-electron chi connectivity index (χ4n) is 5.60. The summed E-state index contributed by atoms with van der Waals surface area (Å²) >= 11 is 5.13. The van der Waals surface area contributed by atoms with Gasteiger partial charge in [-0.2, -0.15) is 4.98 Å². The molecule has 0 unspecified atom stereocenters. The van der Waals surface area contributed by atoms with E-state index in [2.05, 4.69) is 15.6 Å². The van der Waals surface area contributed by atoms with Gasteiger partial charge in [0.1, 0.15) is 35.2 Å². The van der Waals surface area contributed by atoms with Gasteiger partial charge in [-0.1, -0.05) is 54.6 Å². The van der Waals surface area contributed by atoms with Crippen LogP contribution < -0.4 is 25.8 Å². The van der Waals surface area contributed by atoms with Gasteiger partial charge in [0.15, 0.2) is 5.11 Å². The molecule has 1 saturated heterocycles. The molecule has 3 aromatic carbocycles. The van der Waals surface area contributed by atoms with Gasteiger partial charge in [-0.25, -0.2) is 4.79 Å². The third-order valence-corrected chi connectivity index (χ3v) is 8.10. The number of nitrogens with one attached hydrogen (secondary N) is 2. The second-order valence-corrected chi connectivity index (χ2v) is 10.8. The van der Waals surface area contributed by atoms with Crippen molar-refractivity contribution < 1.29 is 24.1 Å². The molecule has 11 heteroatoms. The average Bonchev–Trinajstić information content (AvgIpc) is 3.41. The quantitative estimate of drug-likeness (QED) is 0.194. The molecule has 4 aromatic rings. The van der Waals surface area contributed by atoms with E-state index in [1.165, 1.54) is 4.57 Å². The van der Waals surface area contributed by atoms with Gasteiger partial charge in [0, 0.05) is 24.7 Å². The van der Waals surface area contributed by atoms with Gasteiger partial charge in [0.05, 0.1) is 26.9 Å². The van der Waals surface area contributed by atoms with Crippen LogP contribution in [0.25, 0.3) is 0 Å². The smallest absolute Gasteiger partial charge is 0.351 e. The average molecular weight is 601 g/mol. The highest BCUT2D eigenvalue weighted by molar-refractivity contribution is 7.80.